The number of hydrogen-bond acceptors (Lipinski definition) is 4. The van der Waals surface area contributed by atoms with Crippen LogP contribution in [0.3, 0.4) is 0 Å². The van der Waals surface area contributed by atoms with Crippen molar-refractivity contribution in [3.05, 3.63) is 30.3 Å². The molecule has 0 radical (unpaired) electrons. The molecule has 0 fully saturated rings. The Hall–Kier alpha value is -1.88. The second kappa shape index (κ2) is 13.1. The van der Waals surface area contributed by atoms with Crippen molar-refractivity contribution in [2.75, 3.05) is 0 Å². The van der Waals surface area contributed by atoms with Gasteiger partial charge < -0.3 is 4.74 Å². The molecule has 0 atom stereocenters. The first kappa shape index (κ1) is 19.1. The molecule has 0 saturated heterocycles. The number of para-hydroxylation sites is 1. The molecule has 2 N–H and O–H groups in total. The molecule has 5 nitrogen and oxygen atoms in total. The molecule has 0 spiro atoms. The molecule has 0 bridgehead atoms. The Morgan fingerprint density at radius 3 is 2.14 bits per heavy atom. The van der Waals surface area contributed by atoms with E-state index in [1.165, 1.54) is 0 Å². The van der Waals surface area contributed by atoms with E-state index in [4.69, 9.17) is 9.94 Å². The zero-order valence-corrected chi connectivity index (χ0v) is 12.8. The Labute approximate surface area is 126 Å². The van der Waals surface area contributed by atoms with Crippen LogP contribution in [-0.2, 0) is 9.59 Å². The number of amides is 1. The fourth-order valence-electron chi connectivity index (χ4n) is 1.64. The Kier molecular flexibility index (Phi) is 11.9. The normalized spacial score (nSPS) is 9.29. The van der Waals surface area contributed by atoms with Crippen LogP contribution in [0.5, 0.6) is 5.75 Å². The minimum atomic E-state index is -0.372. The summed E-state index contributed by atoms with van der Waals surface area (Å²) in [6.45, 7) is 4.00. The molecule has 118 valence electrons. The van der Waals surface area contributed by atoms with Crippen molar-refractivity contribution in [1.82, 2.24) is 5.48 Å². The largest absolute Gasteiger partial charge is 0.427 e. The lowest BCUT2D eigenvalue weighted by atomic mass is 10.1. The Bertz CT molecular complexity index is 393. The third kappa shape index (κ3) is 10.6. The van der Waals surface area contributed by atoms with Crippen LogP contribution < -0.4 is 10.2 Å². The van der Waals surface area contributed by atoms with Gasteiger partial charge in [0.1, 0.15) is 5.75 Å². The predicted octanol–water partition coefficient (Wildman–Crippen LogP) is 3.46. The van der Waals surface area contributed by atoms with Crippen LogP contribution in [0.1, 0.15) is 52.4 Å². The summed E-state index contributed by atoms with van der Waals surface area (Å²) in [6, 6.07) is 8.97. The van der Waals surface area contributed by atoms with Crippen molar-refractivity contribution in [2.45, 2.75) is 52.4 Å². The summed E-state index contributed by atoms with van der Waals surface area (Å²) in [6.07, 6.45) is 3.85. The number of rotatable bonds is 8. The third-order valence-electron chi connectivity index (χ3n) is 2.63. The summed E-state index contributed by atoms with van der Waals surface area (Å²) in [7, 11) is 0. The number of hydrogen-bond donors (Lipinski definition) is 2. The number of carbonyl (C=O) groups excluding carboxylic acids is 2. The first-order chi connectivity index (χ1) is 10.2. The smallest absolute Gasteiger partial charge is 0.311 e. The summed E-state index contributed by atoms with van der Waals surface area (Å²) in [4.78, 5) is 22.2. The lowest BCUT2D eigenvalue weighted by Gasteiger charge is -2.04. The van der Waals surface area contributed by atoms with Crippen molar-refractivity contribution in [1.29, 1.82) is 0 Å². The van der Waals surface area contributed by atoms with Gasteiger partial charge in [0.2, 0.25) is 5.91 Å². The summed E-state index contributed by atoms with van der Waals surface area (Å²) < 4.78 is 5.14. The van der Waals surface area contributed by atoms with E-state index < -0.39 is 0 Å². The molecule has 0 aliphatic heterocycles. The van der Waals surface area contributed by atoms with Crippen LogP contribution in [0.15, 0.2) is 30.3 Å². The summed E-state index contributed by atoms with van der Waals surface area (Å²) >= 11 is 0. The lowest BCUT2D eigenvalue weighted by molar-refractivity contribution is -0.134. The van der Waals surface area contributed by atoms with Crippen LogP contribution in [-0.4, -0.2) is 17.1 Å². The van der Waals surface area contributed by atoms with Gasteiger partial charge in [-0.1, -0.05) is 44.9 Å². The van der Waals surface area contributed by atoms with E-state index in [0.29, 0.717) is 25.0 Å². The van der Waals surface area contributed by atoms with Gasteiger partial charge in [0.05, 0.1) is 0 Å². The summed E-state index contributed by atoms with van der Waals surface area (Å²) in [5, 5.41) is 8.29. The molecular formula is C16H25NO4. The molecule has 0 heterocycles. The molecule has 0 aromatic heterocycles. The first-order valence-electron chi connectivity index (χ1n) is 7.41. The third-order valence-corrected chi connectivity index (χ3v) is 2.63. The van der Waals surface area contributed by atoms with E-state index in [0.717, 1.165) is 19.3 Å². The highest BCUT2D eigenvalue weighted by Crippen LogP contribution is 2.11. The van der Waals surface area contributed by atoms with E-state index in [1.54, 1.807) is 17.6 Å². The molecule has 1 aromatic rings. The minimum absolute atomic E-state index is 0.237. The highest BCUT2D eigenvalue weighted by atomic mass is 16.5. The number of nitrogens with one attached hydrogen (secondary N) is 1. The zero-order chi connectivity index (χ0) is 15.9. The van der Waals surface area contributed by atoms with Gasteiger partial charge >= 0.3 is 5.97 Å². The van der Waals surface area contributed by atoms with E-state index in [2.05, 4.69) is 0 Å². The van der Waals surface area contributed by atoms with Gasteiger partial charge in [0.25, 0.3) is 0 Å². The molecule has 0 saturated carbocycles. The standard InChI is InChI=1S/C14H19NO4.C2H6/c16-13(15-18)10-6-1-2-7-11-14(17)19-12-8-4-3-5-9-12;1-2/h3-5,8-9,18H,1-2,6-7,10-11H2,(H,15,16);1-2H3. The fourth-order valence-corrected chi connectivity index (χ4v) is 1.64. The molecule has 1 rings (SSSR count). The van der Waals surface area contributed by atoms with Crippen molar-refractivity contribution >= 4 is 11.9 Å². The summed E-state index contributed by atoms with van der Waals surface area (Å²) in [5.74, 6) is -0.0464. The van der Waals surface area contributed by atoms with Crippen molar-refractivity contribution in [3.8, 4) is 5.75 Å². The number of unbranched alkanes of at least 4 members (excludes halogenated alkanes) is 3. The van der Waals surface area contributed by atoms with Gasteiger partial charge in [-0.2, -0.15) is 0 Å². The number of benzene rings is 1. The van der Waals surface area contributed by atoms with Crippen molar-refractivity contribution < 1.29 is 19.5 Å². The van der Waals surface area contributed by atoms with Gasteiger partial charge in [-0.15, -0.1) is 0 Å². The number of esters is 1. The van der Waals surface area contributed by atoms with Crippen LogP contribution in [0, 0.1) is 0 Å². The number of carbonyl (C=O) groups is 2. The van der Waals surface area contributed by atoms with E-state index >= 15 is 0 Å². The average molecular weight is 295 g/mol. The van der Waals surface area contributed by atoms with E-state index in [1.807, 2.05) is 32.0 Å². The van der Waals surface area contributed by atoms with Gasteiger partial charge in [0, 0.05) is 12.8 Å². The molecule has 0 aliphatic rings. The highest BCUT2D eigenvalue weighted by molar-refractivity contribution is 5.74. The Balaban J connectivity index is 0.00000191. The van der Waals surface area contributed by atoms with Crippen molar-refractivity contribution in [3.63, 3.8) is 0 Å². The maximum absolute atomic E-state index is 11.5. The lowest BCUT2D eigenvalue weighted by Crippen LogP contribution is -2.17. The quantitative estimate of drug-likeness (QED) is 0.253. The molecule has 1 aromatic carbocycles. The average Bonchev–Trinajstić information content (AvgIpc) is 2.53. The zero-order valence-electron chi connectivity index (χ0n) is 12.8. The number of hydroxylamine groups is 1. The second-order valence-electron chi connectivity index (χ2n) is 4.24. The fraction of sp³-hybridized carbons (Fsp3) is 0.500. The van der Waals surface area contributed by atoms with E-state index in [-0.39, 0.29) is 11.9 Å². The maximum atomic E-state index is 11.5. The molecule has 0 aliphatic carbocycles. The van der Waals surface area contributed by atoms with Crippen molar-refractivity contribution in [2.24, 2.45) is 0 Å². The molecule has 21 heavy (non-hydrogen) atoms. The van der Waals surface area contributed by atoms with Crippen LogP contribution in [0.25, 0.3) is 0 Å². The monoisotopic (exact) mass is 295 g/mol. The minimum Gasteiger partial charge on any atom is -0.427 e. The van der Waals surface area contributed by atoms with Crippen LogP contribution in [0.2, 0.25) is 0 Å². The summed E-state index contributed by atoms with van der Waals surface area (Å²) in [5.41, 5.74) is 1.59. The SMILES string of the molecule is CC.O=C(CCCCCCC(=O)Oc1ccccc1)NO. The van der Waals surface area contributed by atoms with Gasteiger partial charge in [-0.25, -0.2) is 5.48 Å². The maximum Gasteiger partial charge on any atom is 0.311 e. The van der Waals surface area contributed by atoms with Gasteiger partial charge in [-0.3, -0.25) is 14.8 Å². The Morgan fingerprint density at radius 1 is 1.00 bits per heavy atom. The second-order valence-corrected chi connectivity index (χ2v) is 4.24. The Morgan fingerprint density at radius 2 is 1.57 bits per heavy atom. The van der Waals surface area contributed by atoms with Crippen LogP contribution >= 0.6 is 0 Å². The van der Waals surface area contributed by atoms with E-state index in [9.17, 15) is 9.59 Å². The predicted molar refractivity (Wildman–Crippen MR) is 81.1 cm³/mol. The molecule has 5 heteroatoms. The first-order valence-corrected chi connectivity index (χ1v) is 7.41. The topological polar surface area (TPSA) is 75.6 Å². The highest BCUT2D eigenvalue weighted by Gasteiger charge is 2.04. The molecule has 1 amide bonds. The van der Waals surface area contributed by atoms with Gasteiger partial charge in [0.15, 0.2) is 0 Å². The number of ether oxygens (including phenoxy) is 1. The van der Waals surface area contributed by atoms with Crippen LogP contribution in [0.4, 0.5) is 0 Å². The van der Waals surface area contributed by atoms with Gasteiger partial charge in [-0.05, 0) is 25.0 Å². The molecular weight excluding hydrogens is 270 g/mol. The molecule has 0 unspecified atom stereocenters.